The Balaban J connectivity index is 1.77. The lowest BCUT2D eigenvalue weighted by Crippen LogP contribution is -2.39. The van der Waals surface area contributed by atoms with Crippen molar-refractivity contribution < 1.29 is 9.53 Å². The number of carbonyl (C=O) groups is 1. The zero-order chi connectivity index (χ0) is 18.0. The Labute approximate surface area is 149 Å². The number of benzene rings is 1. The van der Waals surface area contributed by atoms with Gasteiger partial charge in [-0.1, -0.05) is 6.07 Å². The van der Waals surface area contributed by atoms with Gasteiger partial charge in [0.1, 0.15) is 5.60 Å². The van der Waals surface area contributed by atoms with Crippen LogP contribution in [0, 0.1) is 6.92 Å². The van der Waals surface area contributed by atoms with E-state index in [1.165, 1.54) is 11.1 Å². The van der Waals surface area contributed by atoms with Crippen molar-refractivity contribution in [2.45, 2.75) is 39.7 Å². The number of pyridine rings is 1. The predicted octanol–water partition coefficient (Wildman–Crippen LogP) is 3.99. The number of hydrogen-bond donors (Lipinski definition) is 0. The van der Waals surface area contributed by atoms with Crippen molar-refractivity contribution in [2.24, 2.45) is 0 Å². The molecule has 0 radical (unpaired) electrons. The van der Waals surface area contributed by atoms with Gasteiger partial charge >= 0.3 is 6.09 Å². The molecule has 3 rings (SSSR count). The topological polar surface area (TPSA) is 45.7 Å². The zero-order valence-electron chi connectivity index (χ0n) is 15.6. The number of ether oxygens (including phenoxy) is 1. The van der Waals surface area contributed by atoms with Gasteiger partial charge < -0.3 is 14.5 Å². The Hall–Kier alpha value is -2.30. The Morgan fingerprint density at radius 1 is 1.08 bits per heavy atom. The average molecular weight is 341 g/mol. The maximum atomic E-state index is 12.3. The Morgan fingerprint density at radius 3 is 2.64 bits per heavy atom. The smallest absolute Gasteiger partial charge is 0.410 e. The Bertz CT molecular complexity index is 767. The Kier molecular flexibility index (Phi) is 4.84. The number of nitrogens with zero attached hydrogens (tertiary/aromatic N) is 3. The second-order valence-electron chi connectivity index (χ2n) is 7.60. The van der Waals surface area contributed by atoms with Crippen LogP contribution < -0.4 is 4.90 Å². The van der Waals surface area contributed by atoms with Crippen molar-refractivity contribution in [3.05, 3.63) is 36.0 Å². The summed E-state index contributed by atoms with van der Waals surface area (Å²) in [7, 11) is 0. The zero-order valence-corrected chi connectivity index (χ0v) is 15.6. The molecule has 1 fully saturated rings. The summed E-state index contributed by atoms with van der Waals surface area (Å²) >= 11 is 0. The van der Waals surface area contributed by atoms with Gasteiger partial charge in [-0.15, -0.1) is 0 Å². The second-order valence-corrected chi connectivity index (χ2v) is 7.60. The third-order valence-electron chi connectivity index (χ3n) is 4.34. The minimum atomic E-state index is -0.456. The molecule has 134 valence electrons. The monoisotopic (exact) mass is 341 g/mol. The number of fused-ring (bicyclic) bond motifs is 1. The van der Waals surface area contributed by atoms with Gasteiger partial charge in [-0.05, 0) is 58.4 Å². The highest BCUT2D eigenvalue weighted by molar-refractivity contribution is 5.92. The van der Waals surface area contributed by atoms with Crippen molar-refractivity contribution >= 4 is 22.7 Å². The lowest BCUT2D eigenvalue weighted by atomic mass is 10.1. The van der Waals surface area contributed by atoms with Gasteiger partial charge in [-0.3, -0.25) is 4.98 Å². The van der Waals surface area contributed by atoms with Crippen molar-refractivity contribution in [1.82, 2.24) is 9.88 Å². The highest BCUT2D eigenvalue weighted by Crippen LogP contribution is 2.27. The van der Waals surface area contributed by atoms with Gasteiger partial charge in [0, 0.05) is 42.9 Å². The lowest BCUT2D eigenvalue weighted by Gasteiger charge is -2.27. The van der Waals surface area contributed by atoms with Crippen LogP contribution >= 0.6 is 0 Å². The summed E-state index contributed by atoms with van der Waals surface area (Å²) in [6.45, 7) is 10.8. The molecule has 2 heterocycles. The molecule has 5 heteroatoms. The molecule has 2 aromatic rings. The van der Waals surface area contributed by atoms with E-state index in [9.17, 15) is 4.79 Å². The maximum absolute atomic E-state index is 12.3. The molecule has 1 amide bonds. The van der Waals surface area contributed by atoms with Crippen LogP contribution in [-0.4, -0.2) is 47.8 Å². The number of amides is 1. The van der Waals surface area contributed by atoms with E-state index in [1.807, 2.05) is 32.6 Å². The van der Waals surface area contributed by atoms with Gasteiger partial charge in [-0.2, -0.15) is 0 Å². The third-order valence-corrected chi connectivity index (χ3v) is 4.34. The van der Waals surface area contributed by atoms with Gasteiger partial charge in [0.05, 0.1) is 5.52 Å². The number of hydrogen-bond acceptors (Lipinski definition) is 4. The number of aryl methyl sites for hydroxylation is 1. The molecule has 0 bridgehead atoms. The Morgan fingerprint density at radius 2 is 1.88 bits per heavy atom. The molecule has 1 saturated heterocycles. The van der Waals surface area contributed by atoms with Crippen molar-refractivity contribution in [3.8, 4) is 0 Å². The summed E-state index contributed by atoms with van der Waals surface area (Å²) in [6.07, 6.45) is 0.708. The second kappa shape index (κ2) is 6.90. The molecule has 1 aromatic carbocycles. The summed E-state index contributed by atoms with van der Waals surface area (Å²) in [5.74, 6) is 0. The van der Waals surface area contributed by atoms with E-state index >= 15 is 0 Å². The fourth-order valence-electron chi connectivity index (χ4n) is 3.18. The summed E-state index contributed by atoms with van der Waals surface area (Å²) in [5, 5.41) is 1.17. The molecule has 0 saturated carbocycles. The lowest BCUT2D eigenvalue weighted by molar-refractivity contribution is 0.0263. The van der Waals surface area contributed by atoms with Gasteiger partial charge in [0.25, 0.3) is 0 Å². The molecule has 0 unspecified atom stereocenters. The first-order valence-corrected chi connectivity index (χ1v) is 8.93. The minimum absolute atomic E-state index is 0.218. The summed E-state index contributed by atoms with van der Waals surface area (Å²) < 4.78 is 5.52. The van der Waals surface area contributed by atoms with Gasteiger partial charge in [-0.25, -0.2) is 4.79 Å². The molecule has 5 nitrogen and oxygen atoms in total. The van der Waals surface area contributed by atoms with Crippen LogP contribution in [0.25, 0.3) is 10.9 Å². The molecule has 25 heavy (non-hydrogen) atoms. The molecule has 1 aliphatic rings. The summed E-state index contributed by atoms with van der Waals surface area (Å²) in [6, 6.07) is 10.4. The largest absolute Gasteiger partial charge is 0.444 e. The van der Waals surface area contributed by atoms with E-state index in [-0.39, 0.29) is 6.09 Å². The predicted molar refractivity (Wildman–Crippen MR) is 101 cm³/mol. The first-order chi connectivity index (χ1) is 11.8. The first-order valence-electron chi connectivity index (χ1n) is 8.93. The maximum Gasteiger partial charge on any atom is 0.410 e. The highest BCUT2D eigenvalue weighted by Gasteiger charge is 2.25. The molecule has 1 aliphatic heterocycles. The van der Waals surface area contributed by atoms with Crippen molar-refractivity contribution in [1.29, 1.82) is 0 Å². The van der Waals surface area contributed by atoms with E-state index in [0.29, 0.717) is 6.54 Å². The van der Waals surface area contributed by atoms with E-state index in [1.54, 1.807) is 0 Å². The molecule has 0 aliphatic carbocycles. The van der Waals surface area contributed by atoms with Crippen LogP contribution in [-0.2, 0) is 4.74 Å². The van der Waals surface area contributed by atoms with Crippen LogP contribution in [0.5, 0.6) is 0 Å². The molecule has 0 N–H and O–H groups in total. The standard InChI is InChI=1S/C20H27N3O2/c1-15-9-10-16-17(21-15)7-5-8-18(16)22-11-6-12-23(14-13-22)19(24)25-20(2,3)4/h5,7-10H,6,11-14H2,1-4H3. The van der Waals surface area contributed by atoms with Crippen LogP contribution in [0.4, 0.5) is 10.5 Å². The van der Waals surface area contributed by atoms with Crippen LogP contribution in [0.15, 0.2) is 30.3 Å². The SMILES string of the molecule is Cc1ccc2c(N3CCCN(C(=O)OC(C)(C)C)CC3)cccc2n1. The normalized spacial score (nSPS) is 16.0. The van der Waals surface area contributed by atoms with E-state index in [4.69, 9.17) is 4.74 Å². The summed E-state index contributed by atoms with van der Waals surface area (Å²) in [4.78, 5) is 21.1. The average Bonchev–Trinajstić information content (AvgIpc) is 2.78. The van der Waals surface area contributed by atoms with Crippen LogP contribution in [0.2, 0.25) is 0 Å². The minimum Gasteiger partial charge on any atom is -0.444 e. The fraction of sp³-hybridized carbons (Fsp3) is 0.500. The van der Waals surface area contributed by atoms with E-state index < -0.39 is 5.60 Å². The quantitative estimate of drug-likeness (QED) is 0.787. The number of anilines is 1. The molecular formula is C20H27N3O2. The third kappa shape index (κ3) is 4.21. The van der Waals surface area contributed by atoms with Gasteiger partial charge in [0.15, 0.2) is 0 Å². The van der Waals surface area contributed by atoms with Gasteiger partial charge in [0.2, 0.25) is 0 Å². The van der Waals surface area contributed by atoms with Crippen LogP contribution in [0.1, 0.15) is 32.9 Å². The van der Waals surface area contributed by atoms with Crippen molar-refractivity contribution in [2.75, 3.05) is 31.1 Å². The molecule has 1 aromatic heterocycles. The highest BCUT2D eigenvalue weighted by atomic mass is 16.6. The molecule has 0 spiro atoms. The van der Waals surface area contributed by atoms with E-state index in [0.717, 1.165) is 37.3 Å². The fourth-order valence-corrected chi connectivity index (χ4v) is 3.18. The number of aromatic nitrogens is 1. The van der Waals surface area contributed by atoms with Crippen LogP contribution in [0.3, 0.4) is 0 Å². The van der Waals surface area contributed by atoms with E-state index in [2.05, 4.69) is 40.2 Å². The summed E-state index contributed by atoms with van der Waals surface area (Å²) in [5.41, 5.74) is 2.78. The number of carbonyl (C=O) groups excluding carboxylic acids is 1. The first kappa shape index (κ1) is 17.5. The molecule has 0 atom stereocenters. The number of rotatable bonds is 1. The van der Waals surface area contributed by atoms with Crippen molar-refractivity contribution in [3.63, 3.8) is 0 Å². The molecular weight excluding hydrogens is 314 g/mol.